The maximum Gasteiger partial charge on any atom is 0.260 e. The molecule has 146 valence electrons. The van der Waals surface area contributed by atoms with Crippen molar-refractivity contribution in [2.24, 2.45) is 0 Å². The zero-order valence-corrected chi connectivity index (χ0v) is 16.5. The Morgan fingerprint density at radius 1 is 1.21 bits per heavy atom. The van der Waals surface area contributed by atoms with Crippen molar-refractivity contribution in [2.45, 2.75) is 0 Å². The molecule has 8 heteroatoms. The van der Waals surface area contributed by atoms with Gasteiger partial charge in [-0.25, -0.2) is 9.37 Å². The quantitative estimate of drug-likeness (QED) is 0.709. The highest BCUT2D eigenvalue weighted by atomic mass is 32.1. The Balaban J connectivity index is 1.70. The van der Waals surface area contributed by atoms with Gasteiger partial charge in [-0.05, 0) is 30.3 Å². The van der Waals surface area contributed by atoms with Crippen LogP contribution in [0.3, 0.4) is 0 Å². The van der Waals surface area contributed by atoms with E-state index in [9.17, 15) is 9.18 Å². The fraction of sp³-hybridized carbons (Fsp3) is 0.300. The van der Waals surface area contributed by atoms with Crippen LogP contribution in [0.25, 0.3) is 10.2 Å². The third-order valence-corrected chi connectivity index (χ3v) is 5.50. The number of hydrogen-bond donors (Lipinski definition) is 1. The van der Waals surface area contributed by atoms with Crippen molar-refractivity contribution in [3.63, 3.8) is 0 Å². The molecule has 0 saturated heterocycles. The first-order valence-electron chi connectivity index (χ1n) is 9.08. The summed E-state index contributed by atoms with van der Waals surface area (Å²) in [4.78, 5) is 20.5. The number of thiazole rings is 1. The molecule has 1 aromatic heterocycles. The van der Waals surface area contributed by atoms with Crippen LogP contribution in [0, 0.1) is 5.82 Å². The Morgan fingerprint density at radius 3 is 2.75 bits per heavy atom. The molecule has 2 heterocycles. The maximum atomic E-state index is 14.1. The number of nitrogens with one attached hydrogen (secondary N) is 1. The Labute approximate surface area is 166 Å². The summed E-state index contributed by atoms with van der Waals surface area (Å²) in [6.07, 6.45) is 0. The first-order valence-corrected chi connectivity index (χ1v) is 9.90. The van der Waals surface area contributed by atoms with Gasteiger partial charge in [-0.2, -0.15) is 0 Å². The average molecular weight is 402 g/mol. The van der Waals surface area contributed by atoms with Crippen LogP contribution in [0.1, 0.15) is 10.4 Å². The van der Waals surface area contributed by atoms with E-state index < -0.39 is 0 Å². The fourth-order valence-corrected chi connectivity index (χ4v) is 3.97. The van der Waals surface area contributed by atoms with Crippen LogP contribution in [0.4, 0.5) is 9.52 Å². The molecular weight excluding hydrogens is 381 g/mol. The fourth-order valence-electron chi connectivity index (χ4n) is 2.97. The number of aromatic nitrogens is 1. The van der Waals surface area contributed by atoms with Crippen molar-refractivity contribution in [1.29, 1.82) is 0 Å². The molecule has 1 aliphatic rings. The Hall–Kier alpha value is -2.71. The van der Waals surface area contributed by atoms with Gasteiger partial charge in [0.25, 0.3) is 5.91 Å². The second kappa shape index (κ2) is 7.73. The highest BCUT2D eigenvalue weighted by Crippen LogP contribution is 2.33. The van der Waals surface area contributed by atoms with Gasteiger partial charge in [0.1, 0.15) is 24.5 Å². The molecule has 1 aliphatic heterocycles. The number of nitrogens with zero attached hydrogens (tertiary/aromatic N) is 2. The summed E-state index contributed by atoms with van der Waals surface area (Å²) < 4.78 is 25.9. The normalized spacial score (nSPS) is 13.1. The van der Waals surface area contributed by atoms with Gasteiger partial charge in [0.05, 0.1) is 31.9 Å². The number of amides is 1. The second-order valence-electron chi connectivity index (χ2n) is 6.86. The van der Waals surface area contributed by atoms with E-state index in [1.165, 1.54) is 22.3 Å². The zero-order valence-electron chi connectivity index (χ0n) is 15.7. The first kappa shape index (κ1) is 18.6. The number of carbonyl (C=O) groups is 1. The number of carbonyl (C=O) groups excluding carboxylic acids is 1. The average Bonchev–Trinajstić information content (AvgIpc) is 3.12. The largest absolute Gasteiger partial charge is 0.486 e. The summed E-state index contributed by atoms with van der Waals surface area (Å²) in [5, 5.41) is 0.487. The number of fused-ring (bicyclic) bond motifs is 2. The summed E-state index contributed by atoms with van der Waals surface area (Å²) in [6.45, 7) is 2.15. The van der Waals surface area contributed by atoms with Crippen molar-refractivity contribution in [2.75, 3.05) is 45.3 Å². The summed E-state index contributed by atoms with van der Waals surface area (Å²) in [5.74, 6) is 0.613. The van der Waals surface area contributed by atoms with Crippen molar-refractivity contribution in [3.05, 3.63) is 47.8 Å². The van der Waals surface area contributed by atoms with Gasteiger partial charge in [-0.15, -0.1) is 0 Å². The van der Waals surface area contributed by atoms with Gasteiger partial charge in [-0.3, -0.25) is 9.69 Å². The number of anilines is 1. The van der Waals surface area contributed by atoms with Gasteiger partial charge in [0.2, 0.25) is 0 Å². The van der Waals surface area contributed by atoms with E-state index in [2.05, 4.69) is 4.98 Å². The molecule has 0 fully saturated rings. The molecule has 1 N–H and O–H groups in total. The van der Waals surface area contributed by atoms with Crippen LogP contribution >= 0.6 is 11.3 Å². The van der Waals surface area contributed by atoms with E-state index in [4.69, 9.17) is 9.47 Å². The van der Waals surface area contributed by atoms with E-state index in [0.29, 0.717) is 52.2 Å². The molecule has 0 unspecified atom stereocenters. The molecule has 2 aromatic carbocycles. The van der Waals surface area contributed by atoms with Gasteiger partial charge in [0.15, 0.2) is 16.6 Å². The number of para-hydroxylation sites is 1. The number of hydrogen-bond acceptors (Lipinski definition) is 5. The topological polar surface area (TPSA) is 56.1 Å². The van der Waals surface area contributed by atoms with Crippen molar-refractivity contribution in [1.82, 2.24) is 4.98 Å². The van der Waals surface area contributed by atoms with Crippen LogP contribution in [0.15, 0.2) is 36.4 Å². The van der Waals surface area contributed by atoms with Crippen molar-refractivity contribution in [3.8, 4) is 11.5 Å². The van der Waals surface area contributed by atoms with Crippen LogP contribution in [-0.2, 0) is 0 Å². The van der Waals surface area contributed by atoms with Crippen LogP contribution < -0.4 is 19.3 Å². The van der Waals surface area contributed by atoms with Crippen molar-refractivity contribution >= 4 is 32.6 Å². The zero-order chi connectivity index (χ0) is 19.7. The SMILES string of the molecule is C[NH+](C)CCN(C(=O)c1ccc2c(c1)OCCO2)c1nc2c(F)cccc2s1. The summed E-state index contributed by atoms with van der Waals surface area (Å²) in [7, 11) is 4.04. The number of rotatable bonds is 5. The van der Waals surface area contributed by atoms with E-state index in [0.717, 1.165) is 6.54 Å². The van der Waals surface area contributed by atoms with Gasteiger partial charge >= 0.3 is 0 Å². The predicted molar refractivity (Wildman–Crippen MR) is 106 cm³/mol. The predicted octanol–water partition coefficient (Wildman–Crippen LogP) is 2.00. The summed E-state index contributed by atoms with van der Waals surface area (Å²) >= 11 is 1.31. The number of benzene rings is 2. The molecule has 0 atom stereocenters. The lowest BCUT2D eigenvalue weighted by Gasteiger charge is -2.22. The minimum absolute atomic E-state index is 0.197. The van der Waals surface area contributed by atoms with Crippen LogP contribution in [-0.4, -0.2) is 51.3 Å². The van der Waals surface area contributed by atoms with E-state index in [1.54, 1.807) is 29.2 Å². The lowest BCUT2D eigenvalue weighted by atomic mass is 10.1. The molecule has 6 nitrogen and oxygen atoms in total. The second-order valence-corrected chi connectivity index (χ2v) is 7.86. The number of likely N-dealkylation sites (N-methyl/N-ethyl adjacent to an activating group) is 1. The standard InChI is InChI=1S/C20H20FN3O3S/c1-23(2)8-9-24(20-22-18-14(21)4-3-5-17(18)28-20)19(25)13-6-7-15-16(12-13)27-11-10-26-15/h3-7,12H,8-11H2,1-2H3/p+1. The van der Waals surface area contributed by atoms with Crippen molar-refractivity contribution < 1.29 is 23.6 Å². The highest BCUT2D eigenvalue weighted by Gasteiger charge is 2.24. The van der Waals surface area contributed by atoms with E-state index in [1.807, 2.05) is 20.2 Å². The Kier molecular flexibility index (Phi) is 5.15. The summed E-state index contributed by atoms with van der Waals surface area (Å²) in [5.41, 5.74) is 0.775. The Bertz CT molecular complexity index is 1020. The van der Waals surface area contributed by atoms with Gasteiger partial charge in [-0.1, -0.05) is 17.4 Å². The minimum Gasteiger partial charge on any atom is -0.486 e. The molecule has 0 aliphatic carbocycles. The smallest absolute Gasteiger partial charge is 0.260 e. The molecule has 3 aromatic rings. The molecule has 0 bridgehead atoms. The van der Waals surface area contributed by atoms with Crippen LogP contribution in [0.5, 0.6) is 11.5 Å². The molecule has 4 rings (SSSR count). The minimum atomic E-state index is -0.384. The highest BCUT2D eigenvalue weighted by molar-refractivity contribution is 7.22. The molecule has 0 radical (unpaired) electrons. The van der Waals surface area contributed by atoms with E-state index in [-0.39, 0.29) is 11.7 Å². The molecule has 0 saturated carbocycles. The summed E-state index contributed by atoms with van der Waals surface area (Å²) in [6, 6.07) is 10.00. The third-order valence-electron chi connectivity index (χ3n) is 4.46. The Morgan fingerprint density at radius 2 is 2.00 bits per heavy atom. The molecule has 1 amide bonds. The van der Waals surface area contributed by atoms with Crippen LogP contribution in [0.2, 0.25) is 0 Å². The van der Waals surface area contributed by atoms with Gasteiger partial charge < -0.3 is 14.4 Å². The lowest BCUT2D eigenvalue weighted by molar-refractivity contribution is -0.856. The maximum absolute atomic E-state index is 14.1. The molecular formula is C20H21FN3O3S+. The third kappa shape index (κ3) is 3.65. The number of halogens is 1. The molecule has 0 spiro atoms. The molecule has 28 heavy (non-hydrogen) atoms. The monoisotopic (exact) mass is 402 g/mol. The number of ether oxygens (including phenoxy) is 2. The van der Waals surface area contributed by atoms with E-state index >= 15 is 0 Å². The van der Waals surface area contributed by atoms with Gasteiger partial charge in [0, 0.05) is 5.56 Å². The number of quaternary nitrogens is 1. The first-order chi connectivity index (χ1) is 13.5. The lowest BCUT2D eigenvalue weighted by Crippen LogP contribution is -3.06.